The summed E-state index contributed by atoms with van der Waals surface area (Å²) in [7, 11) is 0. The van der Waals surface area contributed by atoms with Crippen molar-refractivity contribution in [1.82, 2.24) is 5.32 Å². The minimum absolute atomic E-state index is 0.670. The highest BCUT2D eigenvalue weighted by Gasteiger charge is 2.19. The zero-order valence-corrected chi connectivity index (χ0v) is 13.1. The van der Waals surface area contributed by atoms with Crippen molar-refractivity contribution in [3.63, 3.8) is 0 Å². The molecule has 0 saturated heterocycles. The highest BCUT2D eigenvalue weighted by molar-refractivity contribution is 4.72. The van der Waals surface area contributed by atoms with Crippen molar-refractivity contribution in [3.05, 3.63) is 0 Å². The van der Waals surface area contributed by atoms with Gasteiger partial charge in [0, 0.05) is 6.04 Å². The van der Waals surface area contributed by atoms with Gasteiger partial charge in [-0.1, -0.05) is 53.9 Å². The van der Waals surface area contributed by atoms with Gasteiger partial charge in [0.25, 0.3) is 0 Å². The van der Waals surface area contributed by atoms with E-state index in [0.29, 0.717) is 6.04 Å². The second kappa shape index (κ2) is 9.94. The Labute approximate surface area is 110 Å². The SMILES string of the molecule is CCC(CC)CC(CC)C(C)CNC(C)CC. The highest BCUT2D eigenvalue weighted by Crippen LogP contribution is 2.27. The highest BCUT2D eigenvalue weighted by atomic mass is 14.9. The monoisotopic (exact) mass is 241 g/mol. The van der Waals surface area contributed by atoms with Crippen LogP contribution in [0.1, 0.15) is 73.6 Å². The second-order valence-electron chi connectivity index (χ2n) is 5.78. The quantitative estimate of drug-likeness (QED) is 0.576. The molecule has 0 aliphatic heterocycles. The molecule has 104 valence electrons. The van der Waals surface area contributed by atoms with Crippen LogP contribution in [-0.2, 0) is 0 Å². The number of hydrogen-bond acceptors (Lipinski definition) is 1. The molecule has 3 atom stereocenters. The summed E-state index contributed by atoms with van der Waals surface area (Å²) in [6.45, 7) is 15.2. The summed E-state index contributed by atoms with van der Waals surface area (Å²) in [4.78, 5) is 0. The van der Waals surface area contributed by atoms with Gasteiger partial charge < -0.3 is 5.32 Å². The van der Waals surface area contributed by atoms with Crippen molar-refractivity contribution in [2.45, 2.75) is 79.7 Å². The first-order valence-corrected chi connectivity index (χ1v) is 7.82. The Hall–Kier alpha value is -0.0400. The lowest BCUT2D eigenvalue weighted by Gasteiger charge is -2.27. The van der Waals surface area contributed by atoms with E-state index >= 15 is 0 Å². The van der Waals surface area contributed by atoms with Crippen molar-refractivity contribution >= 4 is 0 Å². The molecule has 0 aliphatic carbocycles. The van der Waals surface area contributed by atoms with Crippen LogP contribution in [0.15, 0.2) is 0 Å². The Morgan fingerprint density at radius 1 is 0.824 bits per heavy atom. The molecule has 0 aromatic rings. The van der Waals surface area contributed by atoms with Gasteiger partial charge >= 0.3 is 0 Å². The molecular formula is C16H35N. The molecule has 0 amide bonds. The fourth-order valence-electron chi connectivity index (χ4n) is 2.55. The maximum atomic E-state index is 3.66. The van der Waals surface area contributed by atoms with Gasteiger partial charge in [0.2, 0.25) is 0 Å². The second-order valence-corrected chi connectivity index (χ2v) is 5.78. The summed E-state index contributed by atoms with van der Waals surface area (Å²) in [5, 5.41) is 3.66. The largest absolute Gasteiger partial charge is 0.314 e. The smallest absolute Gasteiger partial charge is 0.00362 e. The van der Waals surface area contributed by atoms with Gasteiger partial charge in [0.15, 0.2) is 0 Å². The van der Waals surface area contributed by atoms with Gasteiger partial charge in [-0.2, -0.15) is 0 Å². The minimum atomic E-state index is 0.670. The van der Waals surface area contributed by atoms with E-state index in [0.717, 1.165) is 17.8 Å². The first-order valence-electron chi connectivity index (χ1n) is 7.82. The van der Waals surface area contributed by atoms with Crippen LogP contribution in [0, 0.1) is 17.8 Å². The first-order chi connectivity index (χ1) is 8.08. The van der Waals surface area contributed by atoms with Gasteiger partial charge in [-0.15, -0.1) is 0 Å². The van der Waals surface area contributed by atoms with Crippen LogP contribution in [0.2, 0.25) is 0 Å². The fraction of sp³-hybridized carbons (Fsp3) is 1.00. The third-order valence-corrected chi connectivity index (χ3v) is 4.52. The zero-order chi connectivity index (χ0) is 13.3. The first kappa shape index (κ1) is 17.0. The average Bonchev–Trinajstić information content (AvgIpc) is 2.37. The van der Waals surface area contributed by atoms with Gasteiger partial charge in [-0.3, -0.25) is 0 Å². The summed E-state index contributed by atoms with van der Waals surface area (Å²) in [5.41, 5.74) is 0. The summed E-state index contributed by atoms with van der Waals surface area (Å²) in [5.74, 6) is 2.65. The zero-order valence-electron chi connectivity index (χ0n) is 13.1. The maximum absolute atomic E-state index is 3.66. The molecule has 3 unspecified atom stereocenters. The van der Waals surface area contributed by atoms with Gasteiger partial charge in [-0.05, 0) is 44.1 Å². The molecule has 0 radical (unpaired) electrons. The van der Waals surface area contributed by atoms with Crippen LogP contribution < -0.4 is 5.32 Å². The lowest BCUT2D eigenvalue weighted by molar-refractivity contribution is 0.253. The Kier molecular flexibility index (Phi) is 9.91. The van der Waals surface area contributed by atoms with Crippen LogP contribution in [0.3, 0.4) is 0 Å². The molecule has 0 rings (SSSR count). The van der Waals surface area contributed by atoms with Gasteiger partial charge in [0.1, 0.15) is 0 Å². The van der Waals surface area contributed by atoms with E-state index in [-0.39, 0.29) is 0 Å². The molecule has 1 N–H and O–H groups in total. The minimum Gasteiger partial charge on any atom is -0.314 e. The van der Waals surface area contributed by atoms with Gasteiger partial charge in [0.05, 0.1) is 0 Å². The number of hydrogen-bond donors (Lipinski definition) is 1. The third kappa shape index (κ3) is 7.08. The van der Waals surface area contributed by atoms with Gasteiger partial charge in [-0.25, -0.2) is 0 Å². The summed E-state index contributed by atoms with van der Waals surface area (Å²) >= 11 is 0. The topological polar surface area (TPSA) is 12.0 Å². The number of rotatable bonds is 10. The molecule has 0 fully saturated rings. The number of nitrogens with one attached hydrogen (secondary N) is 1. The predicted molar refractivity (Wildman–Crippen MR) is 79.4 cm³/mol. The molecule has 0 aliphatic rings. The van der Waals surface area contributed by atoms with E-state index in [9.17, 15) is 0 Å². The molecule has 0 spiro atoms. The lowest BCUT2D eigenvalue weighted by atomic mass is 9.81. The molecule has 1 nitrogen and oxygen atoms in total. The maximum Gasteiger partial charge on any atom is 0.00362 e. The normalized spacial score (nSPS) is 17.1. The van der Waals surface area contributed by atoms with Crippen molar-refractivity contribution < 1.29 is 0 Å². The molecular weight excluding hydrogens is 206 g/mol. The molecule has 0 bridgehead atoms. The Morgan fingerprint density at radius 3 is 1.82 bits per heavy atom. The fourth-order valence-corrected chi connectivity index (χ4v) is 2.55. The van der Waals surface area contributed by atoms with E-state index < -0.39 is 0 Å². The predicted octanol–water partition coefficient (Wildman–Crippen LogP) is 4.86. The third-order valence-electron chi connectivity index (χ3n) is 4.52. The van der Waals surface area contributed by atoms with E-state index in [2.05, 4.69) is 46.9 Å². The Bertz CT molecular complexity index is 163. The Morgan fingerprint density at radius 2 is 1.41 bits per heavy atom. The lowest BCUT2D eigenvalue weighted by Crippen LogP contribution is -2.33. The van der Waals surface area contributed by atoms with Crippen molar-refractivity contribution in [2.75, 3.05) is 6.54 Å². The van der Waals surface area contributed by atoms with Crippen LogP contribution >= 0.6 is 0 Å². The Balaban J connectivity index is 4.06. The summed E-state index contributed by atoms with van der Waals surface area (Å²) in [6.07, 6.45) is 6.68. The standard InChI is InChI=1S/C16H35N/c1-7-14(6)17-12-13(5)16(10-4)11-15(8-2)9-3/h13-17H,7-12H2,1-6H3. The molecule has 0 heterocycles. The van der Waals surface area contributed by atoms with Crippen LogP contribution in [0.5, 0.6) is 0 Å². The summed E-state index contributed by atoms with van der Waals surface area (Å²) < 4.78 is 0. The van der Waals surface area contributed by atoms with E-state index in [1.807, 2.05) is 0 Å². The van der Waals surface area contributed by atoms with Crippen LogP contribution in [0.4, 0.5) is 0 Å². The van der Waals surface area contributed by atoms with Crippen molar-refractivity contribution in [3.8, 4) is 0 Å². The molecule has 0 aromatic heterocycles. The summed E-state index contributed by atoms with van der Waals surface area (Å²) in [6, 6.07) is 0.670. The van der Waals surface area contributed by atoms with E-state index in [1.165, 1.54) is 38.6 Å². The van der Waals surface area contributed by atoms with Crippen molar-refractivity contribution in [1.29, 1.82) is 0 Å². The van der Waals surface area contributed by atoms with Crippen molar-refractivity contribution in [2.24, 2.45) is 17.8 Å². The molecule has 1 heteroatoms. The van der Waals surface area contributed by atoms with Crippen LogP contribution in [0.25, 0.3) is 0 Å². The molecule has 0 aromatic carbocycles. The van der Waals surface area contributed by atoms with Crippen LogP contribution in [-0.4, -0.2) is 12.6 Å². The average molecular weight is 241 g/mol. The molecule has 0 saturated carbocycles. The molecule has 17 heavy (non-hydrogen) atoms. The van der Waals surface area contributed by atoms with E-state index in [4.69, 9.17) is 0 Å². The van der Waals surface area contributed by atoms with E-state index in [1.54, 1.807) is 0 Å².